The van der Waals surface area contributed by atoms with Crippen molar-refractivity contribution < 1.29 is 13.2 Å². The molecule has 0 N–H and O–H groups in total. The normalized spacial score (nSPS) is 25.3. The second-order valence-electron chi connectivity index (χ2n) is 7.37. The Morgan fingerprint density at radius 2 is 1.74 bits per heavy atom. The SMILES string of the molecule is Cc1ccc(S(=O)(=O)N2C[C@H](C(=O)c3ccccc3)C3C=CCCC32)cc1. The fraction of sp³-hybridized carbons (Fsp3) is 0.318. The highest BCUT2D eigenvalue weighted by molar-refractivity contribution is 7.89. The van der Waals surface area contributed by atoms with Crippen molar-refractivity contribution in [3.8, 4) is 0 Å². The minimum absolute atomic E-state index is 0.0266. The van der Waals surface area contributed by atoms with E-state index in [9.17, 15) is 13.2 Å². The topological polar surface area (TPSA) is 54.5 Å². The molecule has 0 saturated carbocycles. The summed E-state index contributed by atoms with van der Waals surface area (Å²) in [5.74, 6) is -0.375. The zero-order chi connectivity index (χ0) is 19.0. The molecule has 0 amide bonds. The van der Waals surface area contributed by atoms with Crippen molar-refractivity contribution in [2.75, 3.05) is 6.54 Å². The molecule has 0 bridgehead atoms. The van der Waals surface area contributed by atoms with Crippen molar-refractivity contribution in [1.29, 1.82) is 0 Å². The molecule has 1 fully saturated rings. The maximum absolute atomic E-state index is 13.3. The molecule has 1 saturated heterocycles. The summed E-state index contributed by atoms with van der Waals surface area (Å²) < 4.78 is 28.2. The van der Waals surface area contributed by atoms with Crippen LogP contribution in [0.25, 0.3) is 0 Å². The number of hydrogen-bond acceptors (Lipinski definition) is 3. The molecular weight excluding hydrogens is 358 g/mol. The first kappa shape index (κ1) is 18.1. The first-order chi connectivity index (χ1) is 13.0. The molecule has 27 heavy (non-hydrogen) atoms. The molecule has 2 aromatic carbocycles. The van der Waals surface area contributed by atoms with Gasteiger partial charge in [-0.2, -0.15) is 4.31 Å². The highest BCUT2D eigenvalue weighted by atomic mass is 32.2. The minimum Gasteiger partial charge on any atom is -0.294 e. The molecule has 0 spiro atoms. The van der Waals surface area contributed by atoms with Crippen LogP contribution in [-0.2, 0) is 10.0 Å². The summed E-state index contributed by atoms with van der Waals surface area (Å²) >= 11 is 0. The number of fused-ring (bicyclic) bond motifs is 1. The Labute approximate surface area is 160 Å². The fourth-order valence-electron chi connectivity index (χ4n) is 4.23. The monoisotopic (exact) mass is 381 g/mol. The van der Waals surface area contributed by atoms with Crippen LogP contribution in [0, 0.1) is 18.8 Å². The van der Waals surface area contributed by atoms with Crippen LogP contribution in [0.3, 0.4) is 0 Å². The molecule has 2 aromatic rings. The number of Topliss-reactive ketones (excluding diaryl/α,β-unsaturated/α-hetero) is 1. The Morgan fingerprint density at radius 1 is 1.04 bits per heavy atom. The van der Waals surface area contributed by atoms with Gasteiger partial charge in [0, 0.05) is 30.0 Å². The van der Waals surface area contributed by atoms with Crippen molar-refractivity contribution in [3.05, 3.63) is 77.9 Å². The summed E-state index contributed by atoms with van der Waals surface area (Å²) in [5.41, 5.74) is 1.67. The molecule has 5 heteroatoms. The number of sulfonamides is 1. The van der Waals surface area contributed by atoms with Crippen molar-refractivity contribution in [1.82, 2.24) is 4.31 Å². The Morgan fingerprint density at radius 3 is 2.44 bits per heavy atom. The first-order valence-electron chi connectivity index (χ1n) is 9.33. The van der Waals surface area contributed by atoms with Crippen molar-refractivity contribution in [2.24, 2.45) is 11.8 Å². The van der Waals surface area contributed by atoms with Crippen LogP contribution >= 0.6 is 0 Å². The molecule has 1 heterocycles. The van der Waals surface area contributed by atoms with E-state index in [0.29, 0.717) is 10.5 Å². The molecule has 0 radical (unpaired) electrons. The van der Waals surface area contributed by atoms with E-state index in [1.807, 2.05) is 43.3 Å². The highest BCUT2D eigenvalue weighted by Crippen LogP contribution is 2.41. The molecule has 2 unspecified atom stereocenters. The second-order valence-corrected chi connectivity index (χ2v) is 9.27. The van der Waals surface area contributed by atoms with E-state index >= 15 is 0 Å². The van der Waals surface area contributed by atoms with E-state index < -0.39 is 10.0 Å². The maximum Gasteiger partial charge on any atom is 0.243 e. The van der Waals surface area contributed by atoms with Crippen LogP contribution in [-0.4, -0.2) is 31.1 Å². The van der Waals surface area contributed by atoms with Crippen LogP contribution in [0.5, 0.6) is 0 Å². The maximum atomic E-state index is 13.3. The lowest BCUT2D eigenvalue weighted by Gasteiger charge is -2.28. The molecule has 4 nitrogen and oxygen atoms in total. The zero-order valence-electron chi connectivity index (χ0n) is 15.3. The number of aryl methyl sites for hydroxylation is 1. The number of carbonyl (C=O) groups excluding carboxylic acids is 1. The lowest BCUT2D eigenvalue weighted by Crippen LogP contribution is -2.38. The Kier molecular flexibility index (Phi) is 4.74. The predicted octanol–water partition coefficient (Wildman–Crippen LogP) is 3.83. The summed E-state index contributed by atoms with van der Waals surface area (Å²) in [4.78, 5) is 13.4. The van der Waals surface area contributed by atoms with Gasteiger partial charge in [0.25, 0.3) is 0 Å². The van der Waals surface area contributed by atoms with E-state index in [0.717, 1.165) is 18.4 Å². The van der Waals surface area contributed by atoms with Gasteiger partial charge in [-0.3, -0.25) is 4.79 Å². The number of allylic oxidation sites excluding steroid dienone is 1. The minimum atomic E-state index is -3.63. The van der Waals surface area contributed by atoms with Gasteiger partial charge < -0.3 is 0 Å². The van der Waals surface area contributed by atoms with Gasteiger partial charge in [-0.05, 0) is 31.9 Å². The third kappa shape index (κ3) is 3.26. The van der Waals surface area contributed by atoms with Gasteiger partial charge in [0.1, 0.15) is 0 Å². The summed E-state index contributed by atoms with van der Waals surface area (Å²) in [5, 5.41) is 0. The summed E-state index contributed by atoms with van der Waals surface area (Å²) in [7, 11) is -3.63. The number of benzene rings is 2. The lowest BCUT2D eigenvalue weighted by atomic mass is 9.81. The first-order valence-corrected chi connectivity index (χ1v) is 10.8. The van der Waals surface area contributed by atoms with Crippen molar-refractivity contribution in [2.45, 2.75) is 30.7 Å². The van der Waals surface area contributed by atoms with E-state index in [1.165, 1.54) is 0 Å². The van der Waals surface area contributed by atoms with E-state index in [4.69, 9.17) is 0 Å². The number of nitrogens with zero attached hydrogens (tertiary/aromatic N) is 1. The average Bonchev–Trinajstić information content (AvgIpc) is 3.09. The number of hydrogen-bond donors (Lipinski definition) is 0. The van der Waals surface area contributed by atoms with Gasteiger partial charge in [-0.1, -0.05) is 60.2 Å². The number of carbonyl (C=O) groups is 1. The smallest absolute Gasteiger partial charge is 0.243 e. The lowest BCUT2D eigenvalue weighted by molar-refractivity contribution is 0.0908. The average molecular weight is 381 g/mol. The molecule has 3 atom stereocenters. The molecular formula is C22H23NO3S. The van der Waals surface area contributed by atoms with Crippen molar-refractivity contribution >= 4 is 15.8 Å². The van der Waals surface area contributed by atoms with Crippen molar-refractivity contribution in [3.63, 3.8) is 0 Å². The van der Waals surface area contributed by atoms with Crippen LogP contribution < -0.4 is 0 Å². The van der Waals surface area contributed by atoms with Gasteiger partial charge >= 0.3 is 0 Å². The Bertz CT molecular complexity index is 964. The van der Waals surface area contributed by atoms with Gasteiger partial charge in [0.05, 0.1) is 4.90 Å². The summed E-state index contributed by atoms with van der Waals surface area (Å²) in [6, 6.07) is 16.0. The standard InChI is InChI=1S/C22H23NO3S/c1-16-11-13-18(14-12-16)27(25,26)23-15-20(19-9-5-6-10-21(19)23)22(24)17-7-3-2-4-8-17/h2-5,7-9,11-14,19-21H,6,10,15H2,1H3/t19?,20-,21?/m0/s1. The van der Waals surface area contributed by atoms with Crippen LogP contribution in [0.1, 0.15) is 28.8 Å². The summed E-state index contributed by atoms with van der Waals surface area (Å²) in [6.45, 7) is 2.17. The largest absolute Gasteiger partial charge is 0.294 e. The molecule has 1 aliphatic carbocycles. The third-order valence-corrected chi connectivity index (χ3v) is 7.57. The van der Waals surface area contributed by atoms with Gasteiger partial charge in [0.15, 0.2) is 5.78 Å². The van der Waals surface area contributed by atoms with Gasteiger partial charge in [-0.15, -0.1) is 0 Å². The second kappa shape index (κ2) is 7.06. The van der Waals surface area contributed by atoms with Crippen LogP contribution in [0.4, 0.5) is 0 Å². The molecule has 4 rings (SSSR count). The summed E-state index contributed by atoms with van der Waals surface area (Å²) in [6.07, 6.45) is 5.72. The Balaban J connectivity index is 1.69. The van der Waals surface area contributed by atoms with Gasteiger partial charge in [-0.25, -0.2) is 8.42 Å². The molecule has 1 aliphatic heterocycles. The predicted molar refractivity (Wildman–Crippen MR) is 105 cm³/mol. The van der Waals surface area contributed by atoms with E-state index in [-0.39, 0.29) is 30.2 Å². The van der Waals surface area contributed by atoms with E-state index in [2.05, 4.69) is 6.08 Å². The highest BCUT2D eigenvalue weighted by Gasteiger charge is 2.49. The Hall–Kier alpha value is -2.24. The zero-order valence-corrected chi connectivity index (χ0v) is 16.1. The molecule has 140 valence electrons. The van der Waals surface area contributed by atoms with Crippen LogP contribution in [0.15, 0.2) is 71.6 Å². The van der Waals surface area contributed by atoms with E-state index in [1.54, 1.807) is 28.6 Å². The molecule has 2 aliphatic rings. The third-order valence-electron chi connectivity index (χ3n) is 5.67. The fourth-order valence-corrected chi connectivity index (χ4v) is 5.94. The quantitative estimate of drug-likeness (QED) is 0.597. The van der Waals surface area contributed by atoms with Gasteiger partial charge in [0.2, 0.25) is 10.0 Å². The van der Waals surface area contributed by atoms with Crippen LogP contribution in [0.2, 0.25) is 0 Å². The number of ketones is 1. The molecule has 0 aromatic heterocycles. The number of rotatable bonds is 4.